The number of unbranched alkanes of at least 4 members (excludes halogenated alkanes) is 1. The Morgan fingerprint density at radius 2 is 1.76 bits per heavy atom. The summed E-state index contributed by atoms with van der Waals surface area (Å²) in [4.78, 5) is 8.47. The summed E-state index contributed by atoms with van der Waals surface area (Å²) >= 11 is 3.53. The Morgan fingerprint density at radius 1 is 1.05 bits per heavy atom. The molecule has 0 amide bonds. The van der Waals surface area contributed by atoms with Crippen LogP contribution >= 0.6 is 15.9 Å². The third-order valence-corrected chi connectivity index (χ3v) is 3.52. The van der Waals surface area contributed by atoms with Gasteiger partial charge in [-0.25, -0.2) is 9.97 Å². The van der Waals surface area contributed by atoms with Gasteiger partial charge in [-0.2, -0.15) is 0 Å². The van der Waals surface area contributed by atoms with Gasteiger partial charge in [0.15, 0.2) is 0 Å². The first kappa shape index (κ1) is 18.1. The number of ether oxygens (including phenoxy) is 2. The summed E-state index contributed by atoms with van der Waals surface area (Å²) < 4.78 is 11.2. The lowest BCUT2D eigenvalue weighted by molar-refractivity contribution is 0.0691. The minimum Gasteiger partial charge on any atom is -0.382 e. The minimum atomic E-state index is 0.652. The summed E-state index contributed by atoms with van der Waals surface area (Å²) in [5, 5.41) is 6.58. The van der Waals surface area contributed by atoms with Crippen LogP contribution < -0.4 is 10.6 Å². The summed E-state index contributed by atoms with van der Waals surface area (Å²) in [6.45, 7) is 5.95. The Balaban J connectivity index is 2.22. The van der Waals surface area contributed by atoms with Crippen LogP contribution in [0.1, 0.15) is 26.2 Å². The Bertz CT molecular complexity index is 393. The molecule has 0 unspecified atom stereocenters. The molecule has 120 valence electrons. The maximum atomic E-state index is 5.42. The van der Waals surface area contributed by atoms with Crippen molar-refractivity contribution in [3.05, 3.63) is 10.8 Å². The van der Waals surface area contributed by atoms with Crippen LogP contribution in [0.15, 0.2) is 10.8 Å². The molecule has 0 bridgehead atoms. The van der Waals surface area contributed by atoms with Crippen molar-refractivity contribution in [2.45, 2.75) is 26.2 Å². The molecule has 0 saturated carbocycles. The number of methoxy groups -OCH3 is 1. The van der Waals surface area contributed by atoms with Gasteiger partial charge in [-0.3, -0.25) is 0 Å². The third kappa shape index (κ3) is 7.59. The van der Waals surface area contributed by atoms with E-state index in [9.17, 15) is 0 Å². The normalized spacial score (nSPS) is 10.6. The van der Waals surface area contributed by atoms with Gasteiger partial charge in [0.1, 0.15) is 22.4 Å². The Morgan fingerprint density at radius 3 is 2.43 bits per heavy atom. The fourth-order valence-electron chi connectivity index (χ4n) is 1.64. The molecular weight excluding hydrogens is 336 g/mol. The van der Waals surface area contributed by atoms with Gasteiger partial charge in [0.2, 0.25) is 0 Å². The third-order valence-electron chi connectivity index (χ3n) is 2.77. The fourth-order valence-corrected chi connectivity index (χ4v) is 2.13. The molecule has 0 aromatic carbocycles. The molecule has 1 aromatic rings. The molecular formula is C14H25BrN4O2. The van der Waals surface area contributed by atoms with E-state index >= 15 is 0 Å². The molecule has 21 heavy (non-hydrogen) atoms. The molecule has 7 heteroatoms. The van der Waals surface area contributed by atoms with E-state index in [2.05, 4.69) is 43.5 Å². The molecule has 1 heterocycles. The highest BCUT2D eigenvalue weighted by Crippen LogP contribution is 2.26. The van der Waals surface area contributed by atoms with Crippen LogP contribution in [0.25, 0.3) is 0 Å². The number of hydrogen-bond acceptors (Lipinski definition) is 6. The number of halogens is 1. The standard InChI is InChI=1S/C14H25BrN4O2/c1-3-6-16-13-12(15)14(19-11-18-13)17-7-4-5-8-21-10-9-20-2/h11H,3-10H2,1-2H3,(H2,16,17,18,19). The molecule has 0 aliphatic rings. The maximum absolute atomic E-state index is 5.42. The van der Waals surface area contributed by atoms with Crippen LogP contribution in [0.3, 0.4) is 0 Å². The predicted octanol–water partition coefficient (Wildman–Crippen LogP) is 2.92. The van der Waals surface area contributed by atoms with Crippen LogP contribution in [0, 0.1) is 0 Å². The SMILES string of the molecule is CCCNc1ncnc(NCCCCOCCOC)c1Br. The zero-order chi connectivity index (χ0) is 15.3. The number of hydrogen-bond donors (Lipinski definition) is 2. The van der Waals surface area contributed by atoms with Crippen molar-refractivity contribution in [1.29, 1.82) is 0 Å². The first-order chi connectivity index (χ1) is 10.3. The van der Waals surface area contributed by atoms with E-state index < -0.39 is 0 Å². The summed E-state index contributed by atoms with van der Waals surface area (Å²) in [6.07, 6.45) is 4.67. The van der Waals surface area contributed by atoms with Crippen molar-refractivity contribution >= 4 is 27.6 Å². The largest absolute Gasteiger partial charge is 0.382 e. The second-order valence-electron chi connectivity index (χ2n) is 4.55. The van der Waals surface area contributed by atoms with E-state index in [0.717, 1.165) is 55.1 Å². The monoisotopic (exact) mass is 360 g/mol. The van der Waals surface area contributed by atoms with Crippen LogP contribution in [0.4, 0.5) is 11.6 Å². The topological polar surface area (TPSA) is 68.3 Å². The zero-order valence-electron chi connectivity index (χ0n) is 12.8. The summed E-state index contributed by atoms with van der Waals surface area (Å²) in [5.74, 6) is 1.65. The fraction of sp³-hybridized carbons (Fsp3) is 0.714. The molecule has 1 aromatic heterocycles. The molecule has 0 fully saturated rings. The first-order valence-electron chi connectivity index (χ1n) is 7.34. The Kier molecular flexibility index (Phi) is 10.1. The average molecular weight is 361 g/mol. The van der Waals surface area contributed by atoms with Crippen molar-refractivity contribution in [3.63, 3.8) is 0 Å². The van der Waals surface area contributed by atoms with Gasteiger partial charge in [-0.1, -0.05) is 6.92 Å². The lowest BCUT2D eigenvalue weighted by atomic mass is 10.3. The van der Waals surface area contributed by atoms with E-state index in [0.29, 0.717) is 13.2 Å². The van der Waals surface area contributed by atoms with Crippen molar-refractivity contribution in [2.24, 2.45) is 0 Å². The molecule has 0 spiro atoms. The van der Waals surface area contributed by atoms with Gasteiger partial charge < -0.3 is 20.1 Å². The molecule has 6 nitrogen and oxygen atoms in total. The second-order valence-corrected chi connectivity index (χ2v) is 5.34. The first-order valence-corrected chi connectivity index (χ1v) is 8.13. The Hall–Kier alpha value is -0.920. The van der Waals surface area contributed by atoms with E-state index in [1.54, 1.807) is 13.4 Å². The van der Waals surface area contributed by atoms with Gasteiger partial charge in [-0.05, 0) is 35.2 Å². The summed E-state index contributed by atoms with van der Waals surface area (Å²) in [5.41, 5.74) is 0. The number of rotatable bonds is 12. The number of aromatic nitrogens is 2. The molecule has 0 atom stereocenters. The highest BCUT2D eigenvalue weighted by molar-refractivity contribution is 9.10. The van der Waals surface area contributed by atoms with E-state index in [1.807, 2.05) is 0 Å². The van der Waals surface area contributed by atoms with Crippen molar-refractivity contribution < 1.29 is 9.47 Å². The van der Waals surface area contributed by atoms with E-state index in [1.165, 1.54) is 0 Å². The molecule has 0 saturated heterocycles. The highest BCUT2D eigenvalue weighted by atomic mass is 79.9. The summed E-state index contributed by atoms with van der Waals surface area (Å²) in [6, 6.07) is 0. The van der Waals surface area contributed by atoms with Crippen LogP contribution in [-0.4, -0.2) is 50.0 Å². The predicted molar refractivity (Wildman–Crippen MR) is 88.9 cm³/mol. The second kappa shape index (κ2) is 11.7. The van der Waals surface area contributed by atoms with Gasteiger partial charge in [0, 0.05) is 26.8 Å². The quantitative estimate of drug-likeness (QED) is 0.558. The maximum Gasteiger partial charge on any atom is 0.145 e. The van der Waals surface area contributed by atoms with Crippen molar-refractivity contribution in [1.82, 2.24) is 9.97 Å². The number of nitrogens with zero attached hydrogens (tertiary/aromatic N) is 2. The molecule has 0 aliphatic carbocycles. The lowest BCUT2D eigenvalue weighted by Crippen LogP contribution is -2.09. The average Bonchev–Trinajstić information content (AvgIpc) is 2.50. The van der Waals surface area contributed by atoms with Gasteiger partial charge in [0.25, 0.3) is 0 Å². The highest BCUT2D eigenvalue weighted by Gasteiger charge is 2.07. The van der Waals surface area contributed by atoms with Crippen LogP contribution in [0.5, 0.6) is 0 Å². The molecule has 0 radical (unpaired) electrons. The van der Waals surface area contributed by atoms with Crippen molar-refractivity contribution in [3.8, 4) is 0 Å². The smallest absolute Gasteiger partial charge is 0.145 e. The zero-order valence-corrected chi connectivity index (χ0v) is 14.4. The number of nitrogens with one attached hydrogen (secondary N) is 2. The molecule has 1 rings (SSSR count). The van der Waals surface area contributed by atoms with Crippen LogP contribution in [-0.2, 0) is 9.47 Å². The van der Waals surface area contributed by atoms with Gasteiger partial charge in [-0.15, -0.1) is 0 Å². The van der Waals surface area contributed by atoms with E-state index in [4.69, 9.17) is 9.47 Å². The minimum absolute atomic E-state index is 0.652. The van der Waals surface area contributed by atoms with Gasteiger partial charge >= 0.3 is 0 Å². The van der Waals surface area contributed by atoms with Crippen LogP contribution in [0.2, 0.25) is 0 Å². The Labute approximate surface area is 135 Å². The van der Waals surface area contributed by atoms with Crippen molar-refractivity contribution in [2.75, 3.05) is 50.7 Å². The molecule has 2 N–H and O–H groups in total. The summed E-state index contributed by atoms with van der Waals surface area (Å²) in [7, 11) is 1.68. The lowest BCUT2D eigenvalue weighted by Gasteiger charge is -2.11. The number of anilines is 2. The van der Waals surface area contributed by atoms with E-state index in [-0.39, 0.29) is 0 Å². The van der Waals surface area contributed by atoms with Gasteiger partial charge in [0.05, 0.1) is 13.2 Å². The molecule has 0 aliphatic heterocycles.